The first kappa shape index (κ1) is 11.5. The molecule has 0 unspecified atom stereocenters. The zero-order chi connectivity index (χ0) is 11.3. The molecule has 0 aliphatic carbocycles. The van der Waals surface area contributed by atoms with Gasteiger partial charge in [-0.25, -0.2) is 4.39 Å². The van der Waals surface area contributed by atoms with Gasteiger partial charge in [-0.3, -0.25) is 0 Å². The lowest BCUT2D eigenvalue weighted by Gasteiger charge is -1.98. The van der Waals surface area contributed by atoms with Gasteiger partial charge in [-0.15, -0.1) is 0 Å². The summed E-state index contributed by atoms with van der Waals surface area (Å²) >= 11 is 0. The van der Waals surface area contributed by atoms with Crippen molar-refractivity contribution in [3.63, 3.8) is 0 Å². The predicted molar refractivity (Wildman–Crippen MR) is 53.4 cm³/mol. The number of aromatic hydroxyl groups is 1. The van der Waals surface area contributed by atoms with E-state index >= 15 is 0 Å². The first-order valence-corrected chi connectivity index (χ1v) is 4.47. The van der Waals surface area contributed by atoms with Crippen LogP contribution in [0.2, 0.25) is 0 Å². The third-order valence-electron chi connectivity index (χ3n) is 1.78. The van der Waals surface area contributed by atoms with Gasteiger partial charge in [0, 0.05) is 13.0 Å². The molecule has 2 N–H and O–H groups in total. The lowest BCUT2D eigenvalue weighted by Crippen LogP contribution is -2.05. The molecule has 0 radical (unpaired) electrons. The number of nitrogens with one attached hydrogen (secondary N) is 1. The SMILES string of the molecule is CNCCC#Cc1ccc(O)c(F)c1F. The van der Waals surface area contributed by atoms with Crippen LogP contribution in [0.3, 0.4) is 0 Å². The van der Waals surface area contributed by atoms with Gasteiger partial charge in [0.25, 0.3) is 0 Å². The van der Waals surface area contributed by atoms with Gasteiger partial charge in [0.05, 0.1) is 5.56 Å². The Hall–Kier alpha value is -1.60. The van der Waals surface area contributed by atoms with Gasteiger partial charge >= 0.3 is 0 Å². The Labute approximate surface area is 86.9 Å². The summed E-state index contributed by atoms with van der Waals surface area (Å²) in [5, 5.41) is 11.7. The second-order valence-corrected chi connectivity index (χ2v) is 2.92. The molecule has 0 aliphatic rings. The van der Waals surface area contributed by atoms with Crippen LogP contribution >= 0.6 is 0 Å². The average Bonchev–Trinajstić information content (AvgIpc) is 2.24. The minimum absolute atomic E-state index is 0.0404. The number of hydrogen-bond donors (Lipinski definition) is 2. The first-order valence-electron chi connectivity index (χ1n) is 4.47. The fourth-order valence-electron chi connectivity index (χ4n) is 0.981. The summed E-state index contributed by atoms with van der Waals surface area (Å²) < 4.78 is 26.0. The van der Waals surface area contributed by atoms with E-state index in [1.165, 1.54) is 6.07 Å². The van der Waals surface area contributed by atoms with E-state index in [9.17, 15) is 8.78 Å². The maximum atomic E-state index is 13.1. The number of rotatable bonds is 2. The van der Waals surface area contributed by atoms with Crippen LogP contribution in [-0.4, -0.2) is 18.7 Å². The number of halogens is 2. The first-order chi connectivity index (χ1) is 7.16. The van der Waals surface area contributed by atoms with Gasteiger partial charge in [-0.05, 0) is 19.2 Å². The van der Waals surface area contributed by atoms with Crippen molar-refractivity contribution >= 4 is 0 Å². The fourth-order valence-corrected chi connectivity index (χ4v) is 0.981. The molecule has 0 amide bonds. The third kappa shape index (κ3) is 2.93. The maximum absolute atomic E-state index is 13.1. The molecule has 0 bridgehead atoms. The van der Waals surface area contributed by atoms with E-state index in [0.29, 0.717) is 13.0 Å². The normalized spacial score (nSPS) is 9.53. The Kier molecular flexibility index (Phi) is 4.07. The van der Waals surface area contributed by atoms with Crippen molar-refractivity contribution in [2.45, 2.75) is 6.42 Å². The summed E-state index contributed by atoms with van der Waals surface area (Å²) in [6.07, 6.45) is 0.554. The monoisotopic (exact) mass is 211 g/mol. The van der Waals surface area contributed by atoms with Crippen LogP contribution < -0.4 is 5.32 Å². The molecule has 0 fully saturated rings. The quantitative estimate of drug-likeness (QED) is 0.575. The highest BCUT2D eigenvalue weighted by Gasteiger charge is 2.10. The molecule has 2 nitrogen and oxygen atoms in total. The minimum atomic E-state index is -1.25. The van der Waals surface area contributed by atoms with Crippen LogP contribution in [0.5, 0.6) is 5.75 Å². The molecule has 15 heavy (non-hydrogen) atoms. The molecular weight excluding hydrogens is 200 g/mol. The Morgan fingerprint density at radius 2 is 2.07 bits per heavy atom. The number of benzene rings is 1. The largest absolute Gasteiger partial charge is 0.505 e. The lowest BCUT2D eigenvalue weighted by molar-refractivity contribution is 0.406. The van der Waals surface area contributed by atoms with Crippen molar-refractivity contribution < 1.29 is 13.9 Å². The van der Waals surface area contributed by atoms with E-state index < -0.39 is 17.4 Å². The topological polar surface area (TPSA) is 32.3 Å². The second-order valence-electron chi connectivity index (χ2n) is 2.92. The molecular formula is C11H11F2NO. The highest BCUT2D eigenvalue weighted by atomic mass is 19.2. The molecule has 1 rings (SSSR count). The van der Waals surface area contributed by atoms with Gasteiger partial charge in [0.15, 0.2) is 11.6 Å². The molecule has 1 aromatic rings. The van der Waals surface area contributed by atoms with Crippen molar-refractivity contribution in [2.75, 3.05) is 13.6 Å². The fraction of sp³-hybridized carbons (Fsp3) is 0.273. The summed E-state index contributed by atoms with van der Waals surface area (Å²) in [6, 6.07) is 2.33. The molecule has 0 heterocycles. The zero-order valence-electron chi connectivity index (χ0n) is 8.27. The van der Waals surface area contributed by atoms with E-state index in [0.717, 1.165) is 6.07 Å². The Balaban J connectivity index is 2.85. The van der Waals surface area contributed by atoms with Crippen LogP contribution in [-0.2, 0) is 0 Å². The third-order valence-corrected chi connectivity index (χ3v) is 1.78. The Bertz CT molecular complexity index is 407. The van der Waals surface area contributed by atoms with Crippen LogP contribution in [0.4, 0.5) is 8.78 Å². The van der Waals surface area contributed by atoms with Crippen LogP contribution in [0.1, 0.15) is 12.0 Å². The van der Waals surface area contributed by atoms with Crippen molar-refractivity contribution in [1.29, 1.82) is 0 Å². The Morgan fingerprint density at radius 3 is 2.73 bits per heavy atom. The molecule has 1 aromatic carbocycles. The van der Waals surface area contributed by atoms with Gasteiger partial charge in [-0.2, -0.15) is 4.39 Å². The second kappa shape index (κ2) is 5.32. The molecule has 4 heteroatoms. The summed E-state index contributed by atoms with van der Waals surface area (Å²) in [6.45, 7) is 0.690. The van der Waals surface area contributed by atoms with E-state index in [2.05, 4.69) is 17.2 Å². The van der Waals surface area contributed by atoms with Crippen molar-refractivity contribution in [3.05, 3.63) is 29.3 Å². The zero-order valence-corrected chi connectivity index (χ0v) is 8.27. The minimum Gasteiger partial charge on any atom is -0.505 e. The van der Waals surface area contributed by atoms with Crippen LogP contribution in [0, 0.1) is 23.5 Å². The summed E-state index contributed by atoms with van der Waals surface area (Å²) in [5.41, 5.74) is -0.0404. The number of phenols is 1. The lowest BCUT2D eigenvalue weighted by atomic mass is 10.2. The van der Waals surface area contributed by atoms with E-state index in [-0.39, 0.29) is 5.56 Å². The van der Waals surface area contributed by atoms with Crippen molar-refractivity contribution in [2.24, 2.45) is 0 Å². The van der Waals surface area contributed by atoms with Gasteiger partial charge in [-0.1, -0.05) is 11.8 Å². The van der Waals surface area contributed by atoms with Crippen molar-refractivity contribution in [3.8, 4) is 17.6 Å². The molecule has 0 atom stereocenters. The molecule has 0 aliphatic heterocycles. The highest BCUT2D eigenvalue weighted by Crippen LogP contribution is 2.20. The summed E-state index contributed by atoms with van der Waals surface area (Å²) in [5.74, 6) is 2.13. The van der Waals surface area contributed by atoms with E-state index in [1.807, 2.05) is 0 Å². The molecule has 0 saturated carbocycles. The van der Waals surface area contributed by atoms with Crippen LogP contribution in [0.15, 0.2) is 12.1 Å². The van der Waals surface area contributed by atoms with E-state index in [1.54, 1.807) is 7.05 Å². The van der Waals surface area contributed by atoms with Crippen molar-refractivity contribution in [1.82, 2.24) is 5.32 Å². The number of phenolic OH excluding ortho intramolecular Hbond substituents is 1. The van der Waals surface area contributed by atoms with E-state index in [4.69, 9.17) is 5.11 Å². The maximum Gasteiger partial charge on any atom is 0.201 e. The molecule has 0 aromatic heterocycles. The summed E-state index contributed by atoms with van der Waals surface area (Å²) in [4.78, 5) is 0. The highest BCUT2D eigenvalue weighted by molar-refractivity contribution is 5.40. The standard InChI is InChI=1S/C11H11F2NO/c1-14-7-3-2-4-8-5-6-9(15)11(13)10(8)12/h5-6,14-15H,3,7H2,1H3. The van der Waals surface area contributed by atoms with Gasteiger partial charge in [0.1, 0.15) is 0 Å². The molecule has 0 saturated heterocycles. The smallest absolute Gasteiger partial charge is 0.201 e. The van der Waals surface area contributed by atoms with Crippen LogP contribution in [0.25, 0.3) is 0 Å². The number of hydrogen-bond acceptors (Lipinski definition) is 2. The molecule has 0 spiro atoms. The van der Waals surface area contributed by atoms with Gasteiger partial charge < -0.3 is 10.4 Å². The summed E-state index contributed by atoms with van der Waals surface area (Å²) in [7, 11) is 1.78. The molecule has 80 valence electrons. The Morgan fingerprint density at radius 1 is 1.33 bits per heavy atom. The average molecular weight is 211 g/mol. The predicted octanol–water partition coefficient (Wildman–Crippen LogP) is 1.63. The van der Waals surface area contributed by atoms with Gasteiger partial charge in [0.2, 0.25) is 5.82 Å².